The van der Waals surface area contributed by atoms with E-state index in [0.717, 1.165) is 19.4 Å². The smallest absolute Gasteiger partial charge is 0.233 e. The van der Waals surface area contributed by atoms with Crippen LogP contribution in [0.25, 0.3) is 0 Å². The second-order valence-electron chi connectivity index (χ2n) is 5.39. The Kier molecular flexibility index (Phi) is 5.53. The Hall–Kier alpha value is -0.680. The van der Waals surface area contributed by atoms with E-state index in [0.29, 0.717) is 4.99 Å². The monoisotopic (exact) mass is 272 g/mol. The molecule has 0 aromatic heterocycles. The Morgan fingerprint density at radius 2 is 2.11 bits per heavy atom. The molecule has 1 saturated heterocycles. The van der Waals surface area contributed by atoms with Gasteiger partial charge in [-0.15, -0.1) is 0 Å². The van der Waals surface area contributed by atoms with Gasteiger partial charge < -0.3 is 15.4 Å². The lowest BCUT2D eigenvalue weighted by atomic mass is 9.91. The molecule has 2 N–H and O–H groups in total. The third kappa shape index (κ3) is 3.42. The van der Waals surface area contributed by atoms with Crippen molar-refractivity contribution in [2.45, 2.75) is 45.8 Å². The molecule has 1 amide bonds. The standard InChI is InChI=1S/C13H24N2O2S/c1-8(2)11(12(14)18)13(16)15-6-5-10(17-4)7-9(15)3/h8-11H,5-7H2,1-4H3,(H2,14,18). The number of nitrogens with two attached hydrogens (primary N) is 1. The second-order valence-corrected chi connectivity index (χ2v) is 5.86. The lowest BCUT2D eigenvalue weighted by molar-refractivity contribution is -0.139. The summed E-state index contributed by atoms with van der Waals surface area (Å²) in [7, 11) is 1.72. The summed E-state index contributed by atoms with van der Waals surface area (Å²) in [5.74, 6) is -0.136. The summed E-state index contributed by atoms with van der Waals surface area (Å²) < 4.78 is 5.36. The van der Waals surface area contributed by atoms with Gasteiger partial charge in [0.2, 0.25) is 5.91 Å². The van der Waals surface area contributed by atoms with Crippen molar-refractivity contribution in [3.05, 3.63) is 0 Å². The average molecular weight is 272 g/mol. The van der Waals surface area contributed by atoms with Crippen molar-refractivity contribution >= 4 is 23.1 Å². The highest BCUT2D eigenvalue weighted by molar-refractivity contribution is 7.80. The molecule has 3 unspecified atom stereocenters. The second kappa shape index (κ2) is 6.48. The van der Waals surface area contributed by atoms with Crippen LogP contribution in [-0.2, 0) is 9.53 Å². The largest absolute Gasteiger partial charge is 0.393 e. The van der Waals surface area contributed by atoms with Crippen molar-refractivity contribution in [1.29, 1.82) is 0 Å². The zero-order valence-electron chi connectivity index (χ0n) is 11.7. The van der Waals surface area contributed by atoms with E-state index in [-0.39, 0.29) is 29.9 Å². The summed E-state index contributed by atoms with van der Waals surface area (Å²) in [5.41, 5.74) is 5.70. The summed E-state index contributed by atoms with van der Waals surface area (Å²) in [5, 5.41) is 0. The van der Waals surface area contributed by atoms with Gasteiger partial charge in [-0.3, -0.25) is 4.79 Å². The van der Waals surface area contributed by atoms with Crippen LogP contribution in [0.4, 0.5) is 0 Å². The highest BCUT2D eigenvalue weighted by Crippen LogP contribution is 2.24. The molecular formula is C13H24N2O2S. The van der Waals surface area contributed by atoms with E-state index in [1.165, 1.54) is 0 Å². The van der Waals surface area contributed by atoms with E-state index in [2.05, 4.69) is 6.92 Å². The third-order valence-electron chi connectivity index (χ3n) is 3.68. The first-order valence-corrected chi connectivity index (χ1v) is 6.91. The number of carbonyl (C=O) groups is 1. The molecule has 1 fully saturated rings. The Bertz CT molecular complexity index is 320. The molecule has 0 aliphatic carbocycles. The van der Waals surface area contributed by atoms with Crippen molar-refractivity contribution in [3.8, 4) is 0 Å². The van der Waals surface area contributed by atoms with E-state index in [9.17, 15) is 4.79 Å². The van der Waals surface area contributed by atoms with E-state index in [1.807, 2.05) is 18.7 Å². The van der Waals surface area contributed by atoms with Crippen molar-refractivity contribution in [1.82, 2.24) is 4.90 Å². The maximum Gasteiger partial charge on any atom is 0.233 e. The van der Waals surface area contributed by atoms with Gasteiger partial charge in [-0.25, -0.2) is 0 Å². The molecular weight excluding hydrogens is 248 g/mol. The summed E-state index contributed by atoms with van der Waals surface area (Å²) in [6, 6.07) is 0.187. The van der Waals surface area contributed by atoms with Gasteiger partial charge in [-0.05, 0) is 25.7 Å². The number of thiocarbonyl (C=S) groups is 1. The molecule has 5 heteroatoms. The molecule has 1 heterocycles. The van der Waals surface area contributed by atoms with Crippen LogP contribution in [0.15, 0.2) is 0 Å². The summed E-state index contributed by atoms with van der Waals surface area (Å²) in [4.78, 5) is 14.7. The number of methoxy groups -OCH3 is 1. The Balaban J connectivity index is 2.75. The van der Waals surface area contributed by atoms with Crippen molar-refractivity contribution in [2.75, 3.05) is 13.7 Å². The fourth-order valence-electron chi connectivity index (χ4n) is 2.58. The minimum absolute atomic E-state index is 0.0690. The molecule has 0 saturated carbocycles. The van der Waals surface area contributed by atoms with Gasteiger partial charge in [-0.2, -0.15) is 0 Å². The van der Waals surface area contributed by atoms with Gasteiger partial charge in [-0.1, -0.05) is 26.1 Å². The van der Waals surface area contributed by atoms with Crippen LogP contribution in [0.5, 0.6) is 0 Å². The first-order chi connectivity index (χ1) is 8.38. The maximum absolute atomic E-state index is 12.5. The quantitative estimate of drug-likeness (QED) is 0.789. The van der Waals surface area contributed by atoms with Gasteiger partial charge in [0.25, 0.3) is 0 Å². The molecule has 0 aromatic rings. The Labute approximate surface area is 115 Å². The molecule has 18 heavy (non-hydrogen) atoms. The van der Waals surface area contributed by atoms with E-state index >= 15 is 0 Å². The number of nitrogens with zero attached hydrogens (tertiary/aromatic N) is 1. The van der Waals surface area contributed by atoms with Crippen LogP contribution in [0.1, 0.15) is 33.6 Å². The van der Waals surface area contributed by atoms with Gasteiger partial charge >= 0.3 is 0 Å². The van der Waals surface area contributed by atoms with Crippen molar-refractivity contribution < 1.29 is 9.53 Å². The van der Waals surface area contributed by atoms with Crippen molar-refractivity contribution in [2.24, 2.45) is 17.6 Å². The van der Waals surface area contributed by atoms with E-state index in [1.54, 1.807) is 7.11 Å². The number of hydrogen-bond donors (Lipinski definition) is 1. The summed E-state index contributed by atoms with van der Waals surface area (Å²) in [6.45, 7) is 6.74. The van der Waals surface area contributed by atoms with Crippen molar-refractivity contribution in [3.63, 3.8) is 0 Å². The highest BCUT2D eigenvalue weighted by Gasteiger charge is 2.35. The maximum atomic E-state index is 12.5. The number of amides is 1. The fourth-order valence-corrected chi connectivity index (χ4v) is 2.96. The highest BCUT2D eigenvalue weighted by atomic mass is 32.1. The molecule has 0 bridgehead atoms. The molecule has 104 valence electrons. The molecule has 1 aliphatic heterocycles. The predicted molar refractivity (Wildman–Crippen MR) is 76.3 cm³/mol. The minimum Gasteiger partial charge on any atom is -0.393 e. The van der Waals surface area contributed by atoms with Crippen LogP contribution in [0.3, 0.4) is 0 Å². The molecule has 4 nitrogen and oxygen atoms in total. The Morgan fingerprint density at radius 3 is 2.50 bits per heavy atom. The number of ether oxygens (including phenoxy) is 1. The number of carbonyl (C=O) groups excluding carboxylic acids is 1. The molecule has 3 atom stereocenters. The van der Waals surface area contributed by atoms with Crippen LogP contribution < -0.4 is 5.73 Å². The van der Waals surface area contributed by atoms with Crippen LogP contribution in [0, 0.1) is 11.8 Å². The first-order valence-electron chi connectivity index (χ1n) is 6.51. The van der Waals surface area contributed by atoms with Crippen LogP contribution >= 0.6 is 12.2 Å². The topological polar surface area (TPSA) is 55.6 Å². The lowest BCUT2D eigenvalue weighted by Crippen LogP contribution is -2.51. The number of rotatable bonds is 4. The summed E-state index contributed by atoms with van der Waals surface area (Å²) >= 11 is 5.03. The van der Waals surface area contributed by atoms with Crippen LogP contribution in [0.2, 0.25) is 0 Å². The number of piperidine rings is 1. The molecule has 1 rings (SSSR count). The molecule has 0 aromatic carbocycles. The summed E-state index contributed by atoms with van der Waals surface area (Å²) in [6.07, 6.45) is 2.02. The van der Waals surface area contributed by atoms with Gasteiger partial charge in [0.15, 0.2) is 0 Å². The van der Waals surface area contributed by atoms with Gasteiger partial charge in [0.1, 0.15) is 0 Å². The Morgan fingerprint density at radius 1 is 1.50 bits per heavy atom. The van der Waals surface area contributed by atoms with E-state index in [4.69, 9.17) is 22.7 Å². The van der Waals surface area contributed by atoms with E-state index < -0.39 is 0 Å². The zero-order chi connectivity index (χ0) is 13.9. The lowest BCUT2D eigenvalue weighted by Gasteiger charge is -2.39. The molecule has 1 aliphatic rings. The third-order valence-corrected chi connectivity index (χ3v) is 3.94. The number of hydrogen-bond acceptors (Lipinski definition) is 3. The normalized spacial score (nSPS) is 26.2. The fraction of sp³-hybridized carbons (Fsp3) is 0.846. The number of likely N-dealkylation sites (tertiary alicyclic amines) is 1. The predicted octanol–water partition coefficient (Wildman–Crippen LogP) is 1.57. The van der Waals surface area contributed by atoms with Gasteiger partial charge in [0.05, 0.1) is 17.0 Å². The van der Waals surface area contributed by atoms with Crippen LogP contribution in [-0.4, -0.2) is 41.6 Å². The average Bonchev–Trinajstić information content (AvgIpc) is 2.27. The minimum atomic E-state index is -0.346. The zero-order valence-corrected chi connectivity index (χ0v) is 12.5. The molecule has 0 radical (unpaired) electrons. The van der Waals surface area contributed by atoms with Gasteiger partial charge in [0, 0.05) is 19.7 Å². The molecule has 0 spiro atoms. The first kappa shape index (κ1) is 15.4. The SMILES string of the molecule is COC1CCN(C(=O)C(C(N)=S)C(C)C)C(C)C1.